The van der Waals surface area contributed by atoms with E-state index in [2.05, 4.69) is 10.9 Å². The molecule has 0 bridgehead atoms. The fraction of sp³-hybridized carbons (Fsp3) is 0. The molecule has 0 spiro atoms. The zero-order valence-corrected chi connectivity index (χ0v) is 9.83. The summed E-state index contributed by atoms with van der Waals surface area (Å²) in [6, 6.07) is 17.5. The number of nitrogens with zero attached hydrogens (tertiary/aromatic N) is 1. The molecule has 0 heterocycles. The van der Waals surface area contributed by atoms with Crippen molar-refractivity contribution in [2.45, 2.75) is 0 Å². The van der Waals surface area contributed by atoms with E-state index in [1.54, 1.807) is 24.3 Å². The van der Waals surface area contributed by atoms with E-state index in [9.17, 15) is 0 Å². The Bertz CT molecular complexity index is 483. The first kappa shape index (κ1) is 11.0. The topological polar surface area (TPSA) is 4.36 Å². The molecule has 2 aromatic rings. The van der Waals surface area contributed by atoms with Crippen LogP contribution in [0.4, 0.5) is 5.69 Å². The van der Waals surface area contributed by atoms with Crippen molar-refractivity contribution in [2.75, 3.05) is 0 Å². The van der Waals surface area contributed by atoms with Crippen LogP contribution in [0.3, 0.4) is 0 Å². The van der Waals surface area contributed by atoms with Crippen LogP contribution in [0.15, 0.2) is 48.5 Å². The predicted molar refractivity (Wildman–Crippen MR) is 68.9 cm³/mol. The Balaban J connectivity index is 2.21. The lowest BCUT2D eigenvalue weighted by Gasteiger charge is -1.85. The van der Waals surface area contributed by atoms with Gasteiger partial charge in [0.05, 0.1) is 0 Å². The van der Waals surface area contributed by atoms with Gasteiger partial charge in [-0.25, -0.2) is 0 Å². The Morgan fingerprint density at radius 1 is 0.750 bits per heavy atom. The van der Waals surface area contributed by atoms with Crippen LogP contribution in [0.5, 0.6) is 0 Å². The molecule has 0 amide bonds. The molecule has 0 radical (unpaired) electrons. The highest BCUT2D eigenvalue weighted by Crippen LogP contribution is 2.16. The number of hydrogen-bond donors (Lipinski definition) is 0. The molecular weight excluding hydrogens is 241 g/mol. The molecule has 78 valence electrons. The van der Waals surface area contributed by atoms with Crippen LogP contribution in [0.25, 0.3) is 4.85 Å². The first-order chi connectivity index (χ1) is 7.74. The van der Waals surface area contributed by atoms with E-state index in [-0.39, 0.29) is 0 Å². The fourth-order valence-electron chi connectivity index (χ4n) is 1.17. The summed E-state index contributed by atoms with van der Waals surface area (Å²) >= 11 is 11.5. The van der Waals surface area contributed by atoms with E-state index in [4.69, 9.17) is 23.2 Å². The molecule has 0 saturated carbocycles. The molecule has 0 saturated heterocycles. The zero-order valence-electron chi connectivity index (χ0n) is 8.32. The molecule has 16 heavy (non-hydrogen) atoms. The third-order valence-corrected chi connectivity index (χ3v) is 2.49. The van der Waals surface area contributed by atoms with E-state index in [0.717, 1.165) is 11.3 Å². The predicted octanol–water partition coefficient (Wildman–Crippen LogP) is 5.01. The minimum atomic E-state index is 0.699. The van der Waals surface area contributed by atoms with Gasteiger partial charge in [0.2, 0.25) is 0 Å². The van der Waals surface area contributed by atoms with Crippen LogP contribution in [-0.2, 0) is 0 Å². The summed E-state index contributed by atoms with van der Waals surface area (Å²) in [4.78, 5) is 4.20. The third kappa shape index (κ3) is 3.00. The lowest BCUT2D eigenvalue weighted by atomic mass is 10.2. The molecule has 0 fully saturated rings. The van der Waals surface area contributed by atoms with Crippen LogP contribution in [0.1, 0.15) is 5.56 Å². The monoisotopic (exact) mass is 248 g/mol. The maximum absolute atomic E-state index is 5.77. The zero-order chi connectivity index (χ0) is 11.4. The molecule has 0 unspecified atom stereocenters. The summed E-state index contributed by atoms with van der Waals surface area (Å²) in [5.41, 5.74) is 1.71. The lowest BCUT2D eigenvalue weighted by molar-refractivity contribution is 1.63. The molecule has 0 aliphatic carbocycles. The minimum absolute atomic E-state index is 0.699. The molecule has 2 aromatic carbocycles. The Morgan fingerprint density at radius 2 is 1.25 bits per heavy atom. The standard InChI is InChI=1S/C13H8Cl2N/c14-11-3-1-10(2-4-11)9-16-13-7-5-12(15)6-8-13/h1-8H/q+1. The second kappa shape index (κ2) is 5.03. The van der Waals surface area contributed by atoms with Crippen LogP contribution in [0, 0.1) is 6.07 Å². The second-order valence-corrected chi connectivity index (χ2v) is 4.08. The van der Waals surface area contributed by atoms with Gasteiger partial charge in [0, 0.05) is 22.2 Å². The number of hydrogen-bond acceptors (Lipinski definition) is 0. The van der Waals surface area contributed by atoms with E-state index in [0.29, 0.717) is 10.0 Å². The quantitative estimate of drug-likeness (QED) is 0.618. The van der Waals surface area contributed by atoms with Gasteiger partial charge in [-0.05, 0) is 41.2 Å². The smallest absolute Gasteiger partial charge is 0.0843 e. The van der Waals surface area contributed by atoms with Crippen molar-refractivity contribution in [2.24, 2.45) is 0 Å². The van der Waals surface area contributed by atoms with Gasteiger partial charge < -0.3 is 0 Å². The molecule has 0 N–H and O–H groups in total. The molecule has 0 aliphatic heterocycles. The number of rotatable bonds is 0. The normalized spacial score (nSPS) is 9.38. The van der Waals surface area contributed by atoms with Crippen molar-refractivity contribution >= 4 is 28.9 Å². The molecule has 0 aromatic heterocycles. The highest BCUT2D eigenvalue weighted by molar-refractivity contribution is 6.30. The van der Waals surface area contributed by atoms with Crippen LogP contribution in [0.2, 0.25) is 10.0 Å². The van der Waals surface area contributed by atoms with Gasteiger partial charge in [0.25, 0.3) is 0 Å². The highest BCUT2D eigenvalue weighted by Gasteiger charge is 2.00. The molecule has 0 aliphatic rings. The molecule has 0 atom stereocenters. The van der Waals surface area contributed by atoms with Crippen LogP contribution in [-0.4, -0.2) is 0 Å². The van der Waals surface area contributed by atoms with E-state index >= 15 is 0 Å². The molecular formula is C13H8Cl2N+. The highest BCUT2D eigenvalue weighted by atomic mass is 35.5. The van der Waals surface area contributed by atoms with Gasteiger partial charge in [-0.3, -0.25) is 0 Å². The molecule has 2 rings (SSSR count). The summed E-state index contributed by atoms with van der Waals surface area (Å²) in [6.45, 7) is 0. The minimum Gasteiger partial charge on any atom is -0.0843 e. The summed E-state index contributed by atoms with van der Waals surface area (Å²) in [5.74, 6) is 0. The van der Waals surface area contributed by atoms with E-state index < -0.39 is 0 Å². The summed E-state index contributed by atoms with van der Waals surface area (Å²) in [6.07, 6.45) is 0. The van der Waals surface area contributed by atoms with Crippen molar-refractivity contribution in [3.63, 3.8) is 0 Å². The van der Waals surface area contributed by atoms with Gasteiger partial charge in [-0.1, -0.05) is 23.2 Å². The maximum atomic E-state index is 5.77. The van der Waals surface area contributed by atoms with Crippen molar-refractivity contribution in [1.82, 2.24) is 0 Å². The summed E-state index contributed by atoms with van der Waals surface area (Å²) < 4.78 is 0. The average molecular weight is 249 g/mol. The SMILES string of the molecule is Clc1ccc(C#[N+]c2ccc(Cl)cc2)cc1. The number of benzene rings is 2. The Hall–Kier alpha value is -1.49. The van der Waals surface area contributed by atoms with Gasteiger partial charge in [-0.15, -0.1) is 0 Å². The Kier molecular flexibility index (Phi) is 3.46. The Morgan fingerprint density at radius 3 is 1.81 bits per heavy atom. The van der Waals surface area contributed by atoms with Gasteiger partial charge in [-0.2, -0.15) is 0 Å². The van der Waals surface area contributed by atoms with Crippen molar-refractivity contribution in [3.8, 4) is 6.07 Å². The summed E-state index contributed by atoms with van der Waals surface area (Å²) in [7, 11) is 0. The second-order valence-electron chi connectivity index (χ2n) is 3.21. The third-order valence-electron chi connectivity index (χ3n) is 1.98. The fourth-order valence-corrected chi connectivity index (χ4v) is 1.42. The lowest BCUT2D eigenvalue weighted by Crippen LogP contribution is -1.70. The number of halogens is 2. The average Bonchev–Trinajstić information content (AvgIpc) is 2.30. The van der Waals surface area contributed by atoms with Gasteiger partial charge >= 0.3 is 11.8 Å². The van der Waals surface area contributed by atoms with Crippen molar-refractivity contribution < 1.29 is 0 Å². The summed E-state index contributed by atoms with van der Waals surface area (Å²) in [5, 5.41) is 1.41. The van der Waals surface area contributed by atoms with E-state index in [1.807, 2.05) is 24.3 Å². The van der Waals surface area contributed by atoms with Crippen molar-refractivity contribution in [1.29, 1.82) is 0 Å². The Labute approximate surface area is 104 Å². The van der Waals surface area contributed by atoms with Crippen LogP contribution < -0.4 is 0 Å². The maximum Gasteiger partial charge on any atom is 0.340 e. The van der Waals surface area contributed by atoms with Gasteiger partial charge in [0.1, 0.15) is 5.56 Å². The first-order valence-electron chi connectivity index (χ1n) is 4.72. The molecule has 1 nitrogen and oxygen atoms in total. The van der Waals surface area contributed by atoms with Gasteiger partial charge in [0.15, 0.2) is 0 Å². The largest absolute Gasteiger partial charge is 0.340 e. The first-order valence-corrected chi connectivity index (χ1v) is 5.47. The van der Waals surface area contributed by atoms with Crippen LogP contribution >= 0.6 is 23.2 Å². The van der Waals surface area contributed by atoms with E-state index in [1.165, 1.54) is 0 Å². The van der Waals surface area contributed by atoms with Crippen molar-refractivity contribution in [3.05, 3.63) is 69.0 Å². The molecule has 3 heteroatoms.